The van der Waals surface area contributed by atoms with E-state index in [9.17, 15) is 14.7 Å². The van der Waals surface area contributed by atoms with E-state index >= 15 is 0 Å². The van der Waals surface area contributed by atoms with E-state index < -0.39 is 0 Å². The van der Waals surface area contributed by atoms with Crippen LogP contribution in [0.4, 0.5) is 5.69 Å². The Labute approximate surface area is 178 Å². The Morgan fingerprint density at radius 3 is 2.37 bits per heavy atom. The topological polar surface area (TPSA) is 72.9 Å². The number of phenolic OH excluding ortho intramolecular Hbond substituents is 1. The van der Waals surface area contributed by atoms with Gasteiger partial charge in [-0.25, -0.2) is 0 Å². The monoisotopic (exact) mass is 409 g/mol. The molecule has 1 aliphatic heterocycles. The molecule has 2 amide bonds. The van der Waals surface area contributed by atoms with Crippen molar-refractivity contribution in [1.82, 2.24) is 9.80 Å². The number of phenols is 1. The zero-order valence-electron chi connectivity index (χ0n) is 17.8. The minimum absolute atomic E-state index is 0.0700. The maximum atomic E-state index is 13.0. The van der Waals surface area contributed by atoms with Crippen molar-refractivity contribution in [3.8, 4) is 5.75 Å². The summed E-state index contributed by atoms with van der Waals surface area (Å²) in [5.74, 6) is 0.00295. The number of hydrogen-bond acceptors (Lipinski definition) is 4. The summed E-state index contributed by atoms with van der Waals surface area (Å²) in [6, 6.07) is 16.6. The van der Waals surface area contributed by atoms with Crippen molar-refractivity contribution in [2.24, 2.45) is 5.92 Å². The maximum Gasteiger partial charge on any atom is 0.239 e. The summed E-state index contributed by atoms with van der Waals surface area (Å²) in [7, 11) is 0. The second-order valence-electron chi connectivity index (χ2n) is 7.83. The Hall–Kier alpha value is -2.86. The van der Waals surface area contributed by atoms with Gasteiger partial charge < -0.3 is 15.3 Å². The molecule has 2 aromatic carbocycles. The Kier molecular flexibility index (Phi) is 7.46. The third kappa shape index (κ3) is 5.39. The zero-order chi connectivity index (χ0) is 21.5. The van der Waals surface area contributed by atoms with E-state index in [0.29, 0.717) is 44.7 Å². The van der Waals surface area contributed by atoms with Gasteiger partial charge in [0.15, 0.2) is 0 Å². The number of para-hydroxylation sites is 2. The molecule has 6 heteroatoms. The molecule has 1 saturated heterocycles. The van der Waals surface area contributed by atoms with Crippen LogP contribution in [-0.2, 0) is 16.1 Å². The molecule has 0 aromatic heterocycles. The van der Waals surface area contributed by atoms with Crippen LogP contribution in [0.25, 0.3) is 0 Å². The number of anilines is 1. The zero-order valence-corrected chi connectivity index (χ0v) is 17.8. The first-order valence-electron chi connectivity index (χ1n) is 10.6. The van der Waals surface area contributed by atoms with Crippen LogP contribution in [0.15, 0.2) is 54.6 Å². The summed E-state index contributed by atoms with van der Waals surface area (Å²) < 4.78 is 0. The highest BCUT2D eigenvalue weighted by Gasteiger charge is 2.31. The van der Waals surface area contributed by atoms with E-state index in [0.717, 1.165) is 5.56 Å². The van der Waals surface area contributed by atoms with Crippen molar-refractivity contribution in [3.63, 3.8) is 0 Å². The lowest BCUT2D eigenvalue weighted by atomic mass is 9.94. The number of likely N-dealkylation sites (tertiary alicyclic amines) is 1. The largest absolute Gasteiger partial charge is 0.506 e. The number of aromatic hydroxyl groups is 1. The molecule has 0 spiro atoms. The van der Waals surface area contributed by atoms with Gasteiger partial charge in [-0.1, -0.05) is 42.5 Å². The predicted molar refractivity (Wildman–Crippen MR) is 118 cm³/mol. The quantitative estimate of drug-likeness (QED) is 0.687. The smallest absolute Gasteiger partial charge is 0.239 e. The van der Waals surface area contributed by atoms with Gasteiger partial charge >= 0.3 is 0 Å². The summed E-state index contributed by atoms with van der Waals surface area (Å²) >= 11 is 0. The molecule has 30 heavy (non-hydrogen) atoms. The normalized spacial score (nSPS) is 16.1. The van der Waals surface area contributed by atoms with Gasteiger partial charge in [0, 0.05) is 19.0 Å². The Morgan fingerprint density at radius 1 is 1.10 bits per heavy atom. The number of carbonyl (C=O) groups excluding carboxylic acids is 2. The molecule has 0 radical (unpaired) electrons. The molecule has 1 fully saturated rings. The highest BCUT2D eigenvalue weighted by atomic mass is 16.3. The van der Waals surface area contributed by atoms with E-state index in [1.54, 1.807) is 24.3 Å². The van der Waals surface area contributed by atoms with Gasteiger partial charge in [0.05, 0.1) is 11.7 Å². The van der Waals surface area contributed by atoms with Crippen LogP contribution >= 0.6 is 0 Å². The number of likely N-dealkylation sites (N-methyl/N-ethyl adjacent to an activating group) is 1. The number of carbonyl (C=O) groups is 2. The minimum atomic E-state index is -0.212. The fourth-order valence-electron chi connectivity index (χ4n) is 3.93. The standard InChI is InChI=1S/C24H31N3O3/c1-3-26(17-19-9-5-4-6-10-19)24(30)18(2)27-15-13-20(14-16-27)23(29)25-21-11-7-8-12-22(21)28/h4-12,18,20,28H,3,13-17H2,1-2H3,(H,25,29)/t18-/m1/s1. The highest BCUT2D eigenvalue weighted by Crippen LogP contribution is 2.25. The highest BCUT2D eigenvalue weighted by molar-refractivity contribution is 5.94. The van der Waals surface area contributed by atoms with E-state index in [2.05, 4.69) is 10.2 Å². The number of nitrogens with zero attached hydrogens (tertiary/aromatic N) is 2. The third-order valence-electron chi connectivity index (χ3n) is 5.88. The SMILES string of the molecule is CCN(Cc1ccccc1)C(=O)[C@@H](C)N1CCC(C(=O)Nc2ccccc2O)CC1. The summed E-state index contributed by atoms with van der Waals surface area (Å²) in [6.45, 7) is 6.64. The lowest BCUT2D eigenvalue weighted by Crippen LogP contribution is -2.50. The van der Waals surface area contributed by atoms with Crippen LogP contribution in [0, 0.1) is 5.92 Å². The van der Waals surface area contributed by atoms with Crippen molar-refractivity contribution < 1.29 is 14.7 Å². The summed E-state index contributed by atoms with van der Waals surface area (Å²) in [5.41, 5.74) is 1.56. The van der Waals surface area contributed by atoms with Gasteiger partial charge in [0.2, 0.25) is 11.8 Å². The molecule has 3 rings (SSSR count). The van der Waals surface area contributed by atoms with Crippen LogP contribution in [0.1, 0.15) is 32.3 Å². The van der Waals surface area contributed by atoms with E-state index in [1.807, 2.05) is 49.1 Å². The number of piperidine rings is 1. The number of hydrogen-bond donors (Lipinski definition) is 2. The van der Waals surface area contributed by atoms with Crippen molar-refractivity contribution in [2.75, 3.05) is 25.0 Å². The molecule has 0 unspecified atom stereocenters. The first-order chi connectivity index (χ1) is 14.5. The number of amides is 2. The molecule has 0 saturated carbocycles. The second kappa shape index (κ2) is 10.3. The average Bonchev–Trinajstić information content (AvgIpc) is 2.78. The Morgan fingerprint density at radius 2 is 1.73 bits per heavy atom. The predicted octanol–water partition coefficient (Wildman–Crippen LogP) is 3.48. The molecule has 1 heterocycles. The Balaban J connectivity index is 1.52. The molecule has 2 aromatic rings. The second-order valence-corrected chi connectivity index (χ2v) is 7.83. The van der Waals surface area contributed by atoms with Crippen molar-refractivity contribution >= 4 is 17.5 Å². The van der Waals surface area contributed by atoms with Gasteiger partial charge in [-0.3, -0.25) is 14.5 Å². The molecule has 0 aliphatic carbocycles. The van der Waals surface area contributed by atoms with Gasteiger partial charge in [-0.05, 0) is 57.5 Å². The van der Waals surface area contributed by atoms with Crippen LogP contribution in [0.3, 0.4) is 0 Å². The van der Waals surface area contributed by atoms with Crippen molar-refractivity contribution in [3.05, 3.63) is 60.2 Å². The average molecular weight is 410 g/mol. The summed E-state index contributed by atoms with van der Waals surface area (Å²) in [6.07, 6.45) is 1.39. The van der Waals surface area contributed by atoms with Crippen LogP contribution < -0.4 is 5.32 Å². The molecule has 1 atom stereocenters. The van der Waals surface area contributed by atoms with Gasteiger partial charge in [-0.15, -0.1) is 0 Å². The third-order valence-corrected chi connectivity index (χ3v) is 5.88. The lowest BCUT2D eigenvalue weighted by molar-refractivity contribution is -0.137. The first-order valence-corrected chi connectivity index (χ1v) is 10.6. The maximum absolute atomic E-state index is 13.0. The molecule has 2 N–H and O–H groups in total. The molecule has 6 nitrogen and oxygen atoms in total. The van der Waals surface area contributed by atoms with Gasteiger partial charge in [0.1, 0.15) is 5.75 Å². The number of nitrogens with one attached hydrogen (secondary N) is 1. The van der Waals surface area contributed by atoms with Gasteiger partial charge in [-0.2, -0.15) is 0 Å². The van der Waals surface area contributed by atoms with Gasteiger partial charge in [0.25, 0.3) is 0 Å². The van der Waals surface area contributed by atoms with E-state index in [1.165, 1.54) is 0 Å². The molecule has 160 valence electrons. The molecule has 0 bridgehead atoms. The van der Waals surface area contributed by atoms with Crippen LogP contribution in [0.2, 0.25) is 0 Å². The van der Waals surface area contributed by atoms with Crippen LogP contribution in [-0.4, -0.2) is 52.4 Å². The van der Waals surface area contributed by atoms with Crippen LogP contribution in [0.5, 0.6) is 5.75 Å². The fourth-order valence-corrected chi connectivity index (χ4v) is 3.93. The summed E-state index contributed by atoms with van der Waals surface area (Å²) in [4.78, 5) is 29.7. The Bertz CT molecular complexity index is 848. The number of benzene rings is 2. The molecular weight excluding hydrogens is 378 g/mol. The first kappa shape index (κ1) is 21.8. The van der Waals surface area contributed by atoms with E-state index in [4.69, 9.17) is 0 Å². The minimum Gasteiger partial charge on any atom is -0.506 e. The van der Waals surface area contributed by atoms with Crippen molar-refractivity contribution in [1.29, 1.82) is 0 Å². The fraction of sp³-hybridized carbons (Fsp3) is 0.417. The lowest BCUT2D eigenvalue weighted by Gasteiger charge is -2.37. The molecular formula is C24H31N3O3. The number of rotatable bonds is 7. The summed E-state index contributed by atoms with van der Waals surface area (Å²) in [5, 5.41) is 12.7. The van der Waals surface area contributed by atoms with Crippen molar-refractivity contribution in [2.45, 2.75) is 39.3 Å². The van der Waals surface area contributed by atoms with E-state index in [-0.39, 0.29) is 29.5 Å². The molecule has 1 aliphatic rings.